The number of hydrogen-bond donors (Lipinski definition) is 2. The van der Waals surface area contributed by atoms with Gasteiger partial charge in [-0.3, -0.25) is 4.99 Å². The third kappa shape index (κ3) is 4.30. The molecule has 0 saturated heterocycles. The highest BCUT2D eigenvalue weighted by molar-refractivity contribution is 5.79. The van der Waals surface area contributed by atoms with E-state index in [1.54, 1.807) is 18.1 Å². The number of guanidine groups is 1. The van der Waals surface area contributed by atoms with E-state index in [2.05, 4.69) is 51.7 Å². The minimum Gasteiger partial charge on any atom is -0.354 e. The molecule has 0 saturated carbocycles. The Bertz CT molecular complexity index is 558. The van der Waals surface area contributed by atoms with Crippen molar-refractivity contribution in [3.63, 3.8) is 0 Å². The van der Waals surface area contributed by atoms with Gasteiger partial charge in [-0.2, -0.15) is 5.10 Å². The molecule has 1 heterocycles. The van der Waals surface area contributed by atoms with Gasteiger partial charge in [0.15, 0.2) is 5.96 Å². The average Bonchev–Trinajstić information content (AvgIpc) is 3.06. The Kier molecular flexibility index (Phi) is 5.31. The summed E-state index contributed by atoms with van der Waals surface area (Å²) in [4.78, 5) is 8.16. The van der Waals surface area contributed by atoms with E-state index >= 15 is 0 Å². The third-order valence-corrected chi connectivity index (χ3v) is 3.30. The van der Waals surface area contributed by atoms with Crippen molar-refractivity contribution < 1.29 is 0 Å². The molecule has 1 unspecified atom stereocenters. The van der Waals surface area contributed by atoms with Crippen LogP contribution in [0.3, 0.4) is 0 Å². The van der Waals surface area contributed by atoms with Gasteiger partial charge in [0.2, 0.25) is 0 Å². The molecule has 21 heavy (non-hydrogen) atoms. The fraction of sp³-hybridized carbons (Fsp3) is 0.400. The first-order valence-electron chi connectivity index (χ1n) is 7.14. The van der Waals surface area contributed by atoms with Crippen LogP contribution >= 0.6 is 0 Å². The second kappa shape index (κ2) is 7.42. The van der Waals surface area contributed by atoms with Gasteiger partial charge in [-0.05, 0) is 31.0 Å². The second-order valence-corrected chi connectivity index (χ2v) is 4.89. The van der Waals surface area contributed by atoms with E-state index in [4.69, 9.17) is 0 Å². The summed E-state index contributed by atoms with van der Waals surface area (Å²) in [6.45, 7) is 5.02. The number of aromatic nitrogens is 3. The van der Waals surface area contributed by atoms with Crippen LogP contribution in [0.4, 0.5) is 0 Å². The minimum absolute atomic E-state index is 0.408. The quantitative estimate of drug-likeness (QED) is 0.649. The van der Waals surface area contributed by atoms with Crippen LogP contribution in [0.15, 0.2) is 41.9 Å². The Morgan fingerprint density at radius 3 is 2.67 bits per heavy atom. The van der Waals surface area contributed by atoms with Crippen LogP contribution in [0.25, 0.3) is 5.69 Å². The van der Waals surface area contributed by atoms with Crippen molar-refractivity contribution in [2.75, 3.05) is 7.05 Å². The van der Waals surface area contributed by atoms with E-state index < -0.39 is 0 Å². The molecule has 1 aromatic heterocycles. The van der Waals surface area contributed by atoms with Gasteiger partial charge in [0.25, 0.3) is 0 Å². The zero-order valence-electron chi connectivity index (χ0n) is 12.7. The summed E-state index contributed by atoms with van der Waals surface area (Å²) in [5, 5.41) is 10.8. The van der Waals surface area contributed by atoms with Gasteiger partial charge in [-0.25, -0.2) is 9.67 Å². The van der Waals surface area contributed by atoms with Crippen molar-refractivity contribution >= 4 is 5.96 Å². The van der Waals surface area contributed by atoms with Crippen molar-refractivity contribution in [2.24, 2.45) is 4.99 Å². The lowest BCUT2D eigenvalue weighted by molar-refractivity contribution is 0.624. The number of hydrogen-bond acceptors (Lipinski definition) is 3. The first-order chi connectivity index (χ1) is 10.2. The molecule has 1 atom stereocenters. The zero-order valence-corrected chi connectivity index (χ0v) is 12.7. The first-order valence-corrected chi connectivity index (χ1v) is 7.14. The summed E-state index contributed by atoms with van der Waals surface area (Å²) in [5.41, 5.74) is 2.18. The molecule has 2 aromatic rings. The van der Waals surface area contributed by atoms with Crippen molar-refractivity contribution in [3.8, 4) is 5.69 Å². The van der Waals surface area contributed by atoms with Crippen molar-refractivity contribution in [2.45, 2.75) is 32.9 Å². The van der Waals surface area contributed by atoms with Crippen LogP contribution in [0.2, 0.25) is 0 Å². The predicted octanol–water partition coefficient (Wildman–Crippen LogP) is 1.73. The van der Waals surface area contributed by atoms with E-state index in [-0.39, 0.29) is 0 Å². The molecule has 6 nitrogen and oxygen atoms in total. The van der Waals surface area contributed by atoms with Crippen LogP contribution < -0.4 is 10.6 Å². The summed E-state index contributed by atoms with van der Waals surface area (Å²) < 4.78 is 1.74. The summed E-state index contributed by atoms with van der Waals surface area (Å²) in [7, 11) is 1.78. The van der Waals surface area contributed by atoms with Crippen molar-refractivity contribution in [1.82, 2.24) is 25.4 Å². The molecule has 1 aromatic carbocycles. The molecule has 0 aliphatic heterocycles. The summed E-state index contributed by atoms with van der Waals surface area (Å²) in [6, 6.07) is 8.60. The highest BCUT2D eigenvalue weighted by atomic mass is 15.3. The molecule has 0 fully saturated rings. The molecule has 112 valence electrons. The van der Waals surface area contributed by atoms with Gasteiger partial charge in [0.1, 0.15) is 12.7 Å². The summed E-state index contributed by atoms with van der Waals surface area (Å²) >= 11 is 0. The predicted molar refractivity (Wildman–Crippen MR) is 84.4 cm³/mol. The van der Waals surface area contributed by atoms with Gasteiger partial charge in [-0.1, -0.05) is 19.1 Å². The maximum atomic E-state index is 4.22. The smallest absolute Gasteiger partial charge is 0.191 e. The van der Waals surface area contributed by atoms with Crippen LogP contribution in [0.5, 0.6) is 0 Å². The fourth-order valence-corrected chi connectivity index (χ4v) is 1.82. The Morgan fingerprint density at radius 1 is 1.33 bits per heavy atom. The van der Waals surface area contributed by atoms with Crippen LogP contribution in [-0.4, -0.2) is 33.8 Å². The molecular formula is C15H22N6. The molecular weight excluding hydrogens is 264 g/mol. The van der Waals surface area contributed by atoms with E-state index in [1.165, 1.54) is 11.9 Å². The molecule has 0 aliphatic carbocycles. The highest BCUT2D eigenvalue weighted by Crippen LogP contribution is 2.07. The maximum Gasteiger partial charge on any atom is 0.191 e. The Balaban J connectivity index is 1.91. The summed E-state index contributed by atoms with van der Waals surface area (Å²) in [6.07, 6.45) is 4.28. The second-order valence-electron chi connectivity index (χ2n) is 4.89. The third-order valence-electron chi connectivity index (χ3n) is 3.30. The normalized spacial score (nSPS) is 13.0. The lowest BCUT2D eigenvalue weighted by atomic mass is 10.2. The molecule has 0 amide bonds. The van der Waals surface area contributed by atoms with Gasteiger partial charge in [0, 0.05) is 19.6 Å². The lowest BCUT2D eigenvalue weighted by Crippen LogP contribution is -2.41. The van der Waals surface area contributed by atoms with E-state index in [1.807, 2.05) is 12.1 Å². The molecule has 0 radical (unpaired) electrons. The number of benzene rings is 1. The first kappa shape index (κ1) is 15.0. The van der Waals surface area contributed by atoms with E-state index in [0.717, 1.165) is 24.6 Å². The Hall–Kier alpha value is -2.37. The van der Waals surface area contributed by atoms with Crippen molar-refractivity contribution in [3.05, 3.63) is 42.5 Å². The molecule has 2 N–H and O–H groups in total. The standard InChI is InChI=1S/C15H22N6/c1-4-12(2)20-15(16-3)18-9-13-5-7-14(8-6-13)21-11-17-10-19-21/h5-8,10-12H,4,9H2,1-3H3,(H2,16,18,20). The number of nitrogens with zero attached hydrogens (tertiary/aromatic N) is 4. The maximum absolute atomic E-state index is 4.22. The van der Waals surface area contributed by atoms with Gasteiger partial charge < -0.3 is 10.6 Å². The van der Waals surface area contributed by atoms with E-state index in [0.29, 0.717) is 6.04 Å². The van der Waals surface area contributed by atoms with Gasteiger partial charge in [0.05, 0.1) is 5.69 Å². The van der Waals surface area contributed by atoms with Crippen LogP contribution in [0.1, 0.15) is 25.8 Å². The van der Waals surface area contributed by atoms with Crippen molar-refractivity contribution in [1.29, 1.82) is 0 Å². The number of rotatable bonds is 5. The summed E-state index contributed by atoms with van der Waals surface area (Å²) in [5.74, 6) is 0.824. The van der Waals surface area contributed by atoms with Gasteiger partial charge >= 0.3 is 0 Å². The van der Waals surface area contributed by atoms with E-state index in [9.17, 15) is 0 Å². The molecule has 0 aliphatic rings. The lowest BCUT2D eigenvalue weighted by Gasteiger charge is -2.16. The fourth-order valence-electron chi connectivity index (χ4n) is 1.82. The molecule has 0 bridgehead atoms. The largest absolute Gasteiger partial charge is 0.354 e. The number of nitrogens with one attached hydrogen (secondary N) is 2. The molecule has 6 heteroatoms. The SMILES string of the molecule is CCC(C)NC(=NC)NCc1ccc(-n2cncn2)cc1. The van der Waals surface area contributed by atoms with Gasteiger partial charge in [-0.15, -0.1) is 0 Å². The molecule has 0 spiro atoms. The highest BCUT2D eigenvalue weighted by Gasteiger charge is 2.03. The van der Waals surface area contributed by atoms with Crippen LogP contribution in [-0.2, 0) is 6.54 Å². The number of aliphatic imine (C=N–C) groups is 1. The average molecular weight is 286 g/mol. The monoisotopic (exact) mass is 286 g/mol. The zero-order chi connectivity index (χ0) is 15.1. The van der Waals surface area contributed by atoms with Crippen LogP contribution in [0, 0.1) is 0 Å². The topological polar surface area (TPSA) is 67.1 Å². The minimum atomic E-state index is 0.408. The molecule has 2 rings (SSSR count). The Morgan fingerprint density at radius 2 is 2.10 bits per heavy atom. The Labute approximate surface area is 125 Å².